The van der Waals surface area contributed by atoms with Crippen molar-refractivity contribution >= 4 is 22.8 Å². The predicted octanol–water partition coefficient (Wildman–Crippen LogP) is 2.63. The van der Waals surface area contributed by atoms with E-state index < -0.39 is 5.25 Å². The molecule has 4 heteroatoms. The van der Waals surface area contributed by atoms with E-state index in [9.17, 15) is 9.59 Å². The topological polar surface area (TPSA) is 43.4 Å². The van der Waals surface area contributed by atoms with Crippen molar-refractivity contribution in [3.63, 3.8) is 0 Å². The number of unbranched alkanes of at least 4 members (excludes halogenated alkanes) is 1. The second-order valence-corrected chi connectivity index (χ2v) is 5.10. The van der Waals surface area contributed by atoms with E-state index in [2.05, 4.69) is 0 Å². The molecule has 0 aliphatic heterocycles. The Morgan fingerprint density at radius 3 is 2.33 bits per heavy atom. The first-order valence-corrected chi connectivity index (χ1v) is 6.24. The number of ether oxygens (including phenoxy) is 1. The van der Waals surface area contributed by atoms with E-state index in [0.29, 0.717) is 6.61 Å². The molecule has 0 aliphatic rings. The highest BCUT2D eigenvalue weighted by atomic mass is 32.2. The Hall–Kier alpha value is -0.510. The summed E-state index contributed by atoms with van der Waals surface area (Å²) in [6, 6.07) is 0. The Bertz CT molecular complexity index is 214. The number of rotatable bonds is 6. The van der Waals surface area contributed by atoms with E-state index in [0.717, 1.165) is 24.6 Å². The van der Waals surface area contributed by atoms with Gasteiger partial charge < -0.3 is 4.74 Å². The first-order valence-electron chi connectivity index (χ1n) is 5.36. The maximum Gasteiger partial charge on any atom is 0.319 e. The summed E-state index contributed by atoms with van der Waals surface area (Å²) in [4.78, 5) is 22.7. The van der Waals surface area contributed by atoms with Gasteiger partial charge in [-0.15, -0.1) is 0 Å². The zero-order valence-corrected chi connectivity index (χ0v) is 10.7. The van der Waals surface area contributed by atoms with Crippen LogP contribution in [0.25, 0.3) is 0 Å². The van der Waals surface area contributed by atoms with Gasteiger partial charge in [-0.3, -0.25) is 9.59 Å². The van der Waals surface area contributed by atoms with Crippen LogP contribution < -0.4 is 0 Å². The summed E-state index contributed by atoms with van der Waals surface area (Å²) in [6.45, 7) is 7.85. The summed E-state index contributed by atoms with van der Waals surface area (Å²) >= 11 is 1.06. The first-order chi connectivity index (χ1) is 6.99. The molecule has 0 heterocycles. The van der Waals surface area contributed by atoms with Crippen LogP contribution in [-0.2, 0) is 14.3 Å². The van der Waals surface area contributed by atoms with Crippen molar-refractivity contribution in [1.29, 1.82) is 0 Å². The molecular formula is C11H20O3S. The molecule has 0 aliphatic carbocycles. The molecule has 0 aromatic carbocycles. The molecule has 15 heavy (non-hydrogen) atoms. The molecule has 0 aromatic heterocycles. The Morgan fingerprint density at radius 2 is 1.87 bits per heavy atom. The van der Waals surface area contributed by atoms with Gasteiger partial charge in [0, 0.05) is 5.92 Å². The molecule has 0 fully saturated rings. The highest BCUT2D eigenvalue weighted by Crippen LogP contribution is 2.17. The lowest BCUT2D eigenvalue weighted by Crippen LogP contribution is -2.20. The fraction of sp³-hybridized carbons (Fsp3) is 0.818. The molecule has 0 aromatic rings. The lowest BCUT2D eigenvalue weighted by atomic mass is 10.3. The number of hydrogen-bond acceptors (Lipinski definition) is 4. The van der Waals surface area contributed by atoms with E-state index in [1.807, 2.05) is 20.8 Å². The SMILES string of the molecule is CCCCOC(=O)C(C)SC(=O)C(C)C. The van der Waals surface area contributed by atoms with Gasteiger partial charge in [0.15, 0.2) is 5.12 Å². The van der Waals surface area contributed by atoms with Crippen LogP contribution in [0.1, 0.15) is 40.5 Å². The minimum atomic E-state index is -0.392. The van der Waals surface area contributed by atoms with Gasteiger partial charge >= 0.3 is 5.97 Å². The van der Waals surface area contributed by atoms with Crippen LogP contribution in [0.3, 0.4) is 0 Å². The second-order valence-electron chi connectivity index (χ2n) is 3.75. The normalized spacial score (nSPS) is 12.6. The van der Waals surface area contributed by atoms with Crippen molar-refractivity contribution in [2.75, 3.05) is 6.61 Å². The Labute approximate surface area is 95.9 Å². The zero-order chi connectivity index (χ0) is 11.8. The van der Waals surface area contributed by atoms with Gasteiger partial charge in [-0.05, 0) is 13.3 Å². The predicted molar refractivity (Wildman–Crippen MR) is 62.8 cm³/mol. The molecule has 0 radical (unpaired) electrons. The van der Waals surface area contributed by atoms with Crippen LogP contribution in [-0.4, -0.2) is 22.9 Å². The first kappa shape index (κ1) is 14.5. The van der Waals surface area contributed by atoms with Crippen LogP contribution >= 0.6 is 11.8 Å². The summed E-state index contributed by atoms with van der Waals surface area (Å²) in [5.74, 6) is -0.330. The van der Waals surface area contributed by atoms with Crippen LogP contribution in [0.15, 0.2) is 0 Å². The highest BCUT2D eigenvalue weighted by molar-refractivity contribution is 8.14. The summed E-state index contributed by atoms with van der Waals surface area (Å²) < 4.78 is 5.01. The molecule has 1 atom stereocenters. The highest BCUT2D eigenvalue weighted by Gasteiger charge is 2.20. The number of hydrogen-bond donors (Lipinski definition) is 0. The van der Waals surface area contributed by atoms with Crippen molar-refractivity contribution in [2.45, 2.75) is 45.8 Å². The molecule has 88 valence electrons. The second kappa shape index (κ2) is 7.74. The number of carbonyl (C=O) groups excluding carboxylic acids is 2. The number of esters is 1. The molecule has 0 saturated heterocycles. The smallest absolute Gasteiger partial charge is 0.319 e. The summed E-state index contributed by atoms with van der Waals surface area (Å²) in [5, 5.41) is -0.355. The monoisotopic (exact) mass is 232 g/mol. The van der Waals surface area contributed by atoms with Gasteiger partial charge in [-0.25, -0.2) is 0 Å². The third-order valence-electron chi connectivity index (χ3n) is 1.84. The fourth-order valence-electron chi connectivity index (χ4n) is 0.793. The number of carbonyl (C=O) groups is 2. The van der Waals surface area contributed by atoms with E-state index in [1.165, 1.54) is 0 Å². The Kier molecular flexibility index (Phi) is 7.48. The van der Waals surface area contributed by atoms with E-state index >= 15 is 0 Å². The lowest BCUT2D eigenvalue weighted by molar-refractivity contribution is -0.142. The van der Waals surface area contributed by atoms with Crippen molar-refractivity contribution in [2.24, 2.45) is 5.92 Å². The van der Waals surface area contributed by atoms with Crippen LogP contribution in [0.4, 0.5) is 0 Å². The largest absolute Gasteiger partial charge is 0.465 e. The van der Waals surface area contributed by atoms with Gasteiger partial charge in [-0.1, -0.05) is 39.0 Å². The maximum absolute atomic E-state index is 11.4. The van der Waals surface area contributed by atoms with Crippen LogP contribution in [0.2, 0.25) is 0 Å². The van der Waals surface area contributed by atoms with Gasteiger partial charge in [0.25, 0.3) is 0 Å². The van der Waals surface area contributed by atoms with Crippen molar-refractivity contribution < 1.29 is 14.3 Å². The molecule has 0 N–H and O–H groups in total. The molecular weight excluding hydrogens is 212 g/mol. The average Bonchev–Trinajstić information content (AvgIpc) is 2.17. The standard InChI is InChI=1S/C11H20O3S/c1-5-6-7-14-10(12)9(4)15-11(13)8(2)3/h8-9H,5-7H2,1-4H3. The summed E-state index contributed by atoms with van der Waals surface area (Å²) in [6.07, 6.45) is 1.88. The van der Waals surface area contributed by atoms with Gasteiger partial charge in [0.05, 0.1) is 6.61 Å². The molecule has 0 rings (SSSR count). The molecule has 0 saturated carbocycles. The Morgan fingerprint density at radius 1 is 1.27 bits per heavy atom. The molecule has 3 nitrogen and oxygen atoms in total. The van der Waals surface area contributed by atoms with Crippen LogP contribution in [0.5, 0.6) is 0 Å². The van der Waals surface area contributed by atoms with Gasteiger partial charge in [-0.2, -0.15) is 0 Å². The van der Waals surface area contributed by atoms with Gasteiger partial charge in [0.1, 0.15) is 5.25 Å². The van der Waals surface area contributed by atoms with Crippen molar-refractivity contribution in [3.05, 3.63) is 0 Å². The van der Waals surface area contributed by atoms with E-state index in [1.54, 1.807) is 6.92 Å². The molecule has 0 spiro atoms. The molecule has 0 bridgehead atoms. The summed E-state index contributed by atoms with van der Waals surface area (Å²) in [7, 11) is 0. The van der Waals surface area contributed by atoms with Crippen LogP contribution in [0, 0.1) is 5.92 Å². The van der Waals surface area contributed by atoms with E-state index in [4.69, 9.17) is 4.74 Å². The summed E-state index contributed by atoms with van der Waals surface area (Å²) in [5.41, 5.74) is 0. The number of thioether (sulfide) groups is 1. The Balaban J connectivity index is 3.83. The van der Waals surface area contributed by atoms with Gasteiger partial charge in [0.2, 0.25) is 0 Å². The lowest BCUT2D eigenvalue weighted by Gasteiger charge is -2.11. The third kappa shape index (κ3) is 6.55. The van der Waals surface area contributed by atoms with Crippen molar-refractivity contribution in [1.82, 2.24) is 0 Å². The fourth-order valence-corrected chi connectivity index (χ4v) is 1.58. The molecule has 0 amide bonds. The van der Waals surface area contributed by atoms with Crippen molar-refractivity contribution in [3.8, 4) is 0 Å². The molecule has 1 unspecified atom stereocenters. The maximum atomic E-state index is 11.4. The zero-order valence-electron chi connectivity index (χ0n) is 9.91. The quantitative estimate of drug-likeness (QED) is 0.521. The minimum Gasteiger partial charge on any atom is -0.465 e. The third-order valence-corrected chi connectivity index (χ3v) is 3.09. The minimum absolute atomic E-state index is 0.0370. The van der Waals surface area contributed by atoms with E-state index in [-0.39, 0.29) is 17.0 Å². The average molecular weight is 232 g/mol.